The van der Waals surface area contributed by atoms with E-state index in [4.69, 9.17) is 27.9 Å². The maximum Gasteiger partial charge on any atom is 0.338 e. The molecule has 0 saturated carbocycles. The van der Waals surface area contributed by atoms with Crippen LogP contribution in [0.5, 0.6) is 0 Å². The molecule has 4 rings (SSSR count). The minimum absolute atomic E-state index is 0.0781. The highest BCUT2D eigenvalue weighted by Crippen LogP contribution is 2.33. The van der Waals surface area contributed by atoms with E-state index < -0.39 is 17.8 Å². The second kappa shape index (κ2) is 9.30. The molecule has 0 aliphatic carbocycles. The Kier molecular flexibility index (Phi) is 6.48. The van der Waals surface area contributed by atoms with Crippen LogP contribution in [0.25, 0.3) is 0 Å². The molecular formula is C23H20Cl2N2O5. The Morgan fingerprint density at radius 1 is 0.844 bits per heavy atom. The highest BCUT2D eigenvalue weighted by Gasteiger charge is 2.37. The third-order valence-electron chi connectivity index (χ3n) is 5.57. The van der Waals surface area contributed by atoms with Crippen molar-refractivity contribution < 1.29 is 23.9 Å². The molecule has 2 heterocycles. The zero-order valence-corrected chi connectivity index (χ0v) is 18.6. The molecule has 0 unspecified atom stereocenters. The first-order valence-electron chi connectivity index (χ1n) is 10.3. The summed E-state index contributed by atoms with van der Waals surface area (Å²) in [5, 5.41) is 0.505. The fourth-order valence-corrected chi connectivity index (χ4v) is 4.14. The molecule has 9 heteroatoms. The van der Waals surface area contributed by atoms with Gasteiger partial charge < -0.3 is 9.64 Å². The van der Waals surface area contributed by atoms with Gasteiger partial charge in [-0.1, -0.05) is 36.0 Å². The quantitative estimate of drug-likeness (QED) is 0.485. The average Bonchev–Trinajstić information content (AvgIpc) is 2.97. The van der Waals surface area contributed by atoms with Gasteiger partial charge in [0, 0.05) is 13.1 Å². The van der Waals surface area contributed by atoms with E-state index in [1.165, 1.54) is 36.4 Å². The van der Waals surface area contributed by atoms with Crippen LogP contribution in [0.4, 0.5) is 5.69 Å². The molecular weight excluding hydrogens is 455 g/mol. The van der Waals surface area contributed by atoms with Crippen LogP contribution >= 0.6 is 23.2 Å². The summed E-state index contributed by atoms with van der Waals surface area (Å²) in [4.78, 5) is 53.2. The molecule has 1 fully saturated rings. The number of nitrogens with zero attached hydrogens (tertiary/aromatic N) is 2. The van der Waals surface area contributed by atoms with E-state index in [0.29, 0.717) is 18.1 Å². The van der Waals surface area contributed by atoms with E-state index >= 15 is 0 Å². The maximum absolute atomic E-state index is 12.9. The van der Waals surface area contributed by atoms with Crippen molar-refractivity contribution in [3.8, 4) is 0 Å². The lowest BCUT2D eigenvalue weighted by molar-refractivity contribution is -0.134. The van der Waals surface area contributed by atoms with E-state index in [9.17, 15) is 19.2 Å². The largest absolute Gasteiger partial charge is 0.452 e. The Hall–Kier alpha value is -2.90. The minimum Gasteiger partial charge on any atom is -0.452 e. The molecule has 2 aliphatic rings. The smallest absolute Gasteiger partial charge is 0.338 e. The fraction of sp³-hybridized carbons (Fsp3) is 0.304. The van der Waals surface area contributed by atoms with Gasteiger partial charge in [0.25, 0.3) is 17.7 Å². The molecule has 0 spiro atoms. The zero-order chi connectivity index (χ0) is 22.8. The van der Waals surface area contributed by atoms with Gasteiger partial charge in [0.2, 0.25) is 0 Å². The molecule has 166 valence electrons. The van der Waals surface area contributed by atoms with Gasteiger partial charge in [-0.25, -0.2) is 9.69 Å². The number of benzene rings is 2. The standard InChI is InChI=1S/C23H20Cl2N2O5/c24-18-8-6-15(12-19(18)25)27-21(29)16-7-5-14(11-17(16)22(27)30)23(31)32-13-20(28)26-9-3-1-2-4-10-26/h5-8,11-12H,1-4,9-10,13H2. The first-order chi connectivity index (χ1) is 15.4. The molecule has 2 aromatic carbocycles. The molecule has 0 bridgehead atoms. The number of anilines is 1. The van der Waals surface area contributed by atoms with Crippen LogP contribution < -0.4 is 4.90 Å². The van der Waals surface area contributed by atoms with Crippen LogP contribution in [0.1, 0.15) is 56.8 Å². The molecule has 2 aliphatic heterocycles. The molecule has 3 amide bonds. The Morgan fingerprint density at radius 2 is 1.53 bits per heavy atom. The number of rotatable bonds is 4. The number of hydrogen-bond acceptors (Lipinski definition) is 5. The normalized spacial score (nSPS) is 16.1. The molecule has 1 saturated heterocycles. The molecule has 0 N–H and O–H groups in total. The van der Waals surface area contributed by atoms with Crippen molar-refractivity contribution in [1.82, 2.24) is 4.90 Å². The van der Waals surface area contributed by atoms with Crippen molar-refractivity contribution in [2.45, 2.75) is 25.7 Å². The van der Waals surface area contributed by atoms with Gasteiger partial charge in [-0.05, 0) is 49.2 Å². The van der Waals surface area contributed by atoms with Gasteiger partial charge in [0.1, 0.15) is 0 Å². The van der Waals surface area contributed by atoms with Gasteiger partial charge in [-0.2, -0.15) is 0 Å². The van der Waals surface area contributed by atoms with Gasteiger partial charge in [0.05, 0.1) is 32.4 Å². The molecule has 0 aromatic heterocycles. The molecule has 0 radical (unpaired) electrons. The Bertz CT molecular complexity index is 1110. The maximum atomic E-state index is 12.9. The third kappa shape index (κ3) is 4.36. The first-order valence-corrected chi connectivity index (χ1v) is 11.0. The van der Waals surface area contributed by atoms with Crippen molar-refractivity contribution in [3.05, 3.63) is 63.1 Å². The number of fused-ring (bicyclic) bond motifs is 1. The highest BCUT2D eigenvalue weighted by atomic mass is 35.5. The lowest BCUT2D eigenvalue weighted by atomic mass is 10.1. The van der Waals surface area contributed by atoms with Crippen LogP contribution in [0.15, 0.2) is 36.4 Å². The van der Waals surface area contributed by atoms with Crippen molar-refractivity contribution in [1.29, 1.82) is 0 Å². The van der Waals surface area contributed by atoms with Crippen molar-refractivity contribution in [3.63, 3.8) is 0 Å². The van der Waals surface area contributed by atoms with Crippen molar-refractivity contribution in [2.24, 2.45) is 0 Å². The van der Waals surface area contributed by atoms with Crippen LogP contribution in [0.2, 0.25) is 10.0 Å². The lowest BCUT2D eigenvalue weighted by Gasteiger charge is -2.19. The summed E-state index contributed by atoms with van der Waals surface area (Å²) in [6.45, 7) is 0.963. The number of esters is 1. The third-order valence-corrected chi connectivity index (χ3v) is 6.31. The highest BCUT2D eigenvalue weighted by molar-refractivity contribution is 6.42. The Labute approximate surface area is 194 Å². The number of likely N-dealkylation sites (tertiary alicyclic amines) is 1. The first kappa shape index (κ1) is 22.3. The topological polar surface area (TPSA) is 84.0 Å². The van der Waals surface area contributed by atoms with Crippen LogP contribution in [0.3, 0.4) is 0 Å². The molecule has 7 nitrogen and oxygen atoms in total. The van der Waals surface area contributed by atoms with E-state index in [-0.39, 0.29) is 39.9 Å². The second-order valence-corrected chi connectivity index (χ2v) is 8.49. The predicted molar refractivity (Wildman–Crippen MR) is 119 cm³/mol. The number of imide groups is 1. The minimum atomic E-state index is -0.732. The van der Waals surface area contributed by atoms with E-state index in [0.717, 1.165) is 30.6 Å². The zero-order valence-electron chi connectivity index (χ0n) is 17.1. The van der Waals surface area contributed by atoms with Crippen molar-refractivity contribution in [2.75, 3.05) is 24.6 Å². The summed E-state index contributed by atoms with van der Waals surface area (Å²) in [7, 11) is 0. The van der Waals surface area contributed by atoms with E-state index in [1.54, 1.807) is 4.90 Å². The summed E-state index contributed by atoms with van der Waals surface area (Å²) in [6.07, 6.45) is 4.06. The lowest BCUT2D eigenvalue weighted by Crippen LogP contribution is -2.35. The second-order valence-electron chi connectivity index (χ2n) is 7.68. The summed E-state index contributed by atoms with van der Waals surface area (Å²) >= 11 is 11.9. The number of amides is 3. The number of halogens is 2. The Balaban J connectivity index is 1.47. The van der Waals surface area contributed by atoms with E-state index in [2.05, 4.69) is 0 Å². The van der Waals surface area contributed by atoms with Crippen LogP contribution in [-0.2, 0) is 9.53 Å². The van der Waals surface area contributed by atoms with E-state index in [1.807, 2.05) is 0 Å². The number of carbonyl (C=O) groups excluding carboxylic acids is 4. The summed E-state index contributed by atoms with van der Waals surface area (Å²) in [5.74, 6) is -2.08. The summed E-state index contributed by atoms with van der Waals surface area (Å²) in [5.41, 5.74) is 0.606. The van der Waals surface area contributed by atoms with Gasteiger partial charge in [0.15, 0.2) is 6.61 Å². The monoisotopic (exact) mass is 474 g/mol. The van der Waals surface area contributed by atoms with Gasteiger partial charge in [-0.3, -0.25) is 14.4 Å². The van der Waals surface area contributed by atoms with Gasteiger partial charge in [-0.15, -0.1) is 0 Å². The summed E-state index contributed by atoms with van der Waals surface area (Å²) < 4.78 is 5.17. The average molecular weight is 475 g/mol. The van der Waals surface area contributed by atoms with Crippen molar-refractivity contribution >= 4 is 52.6 Å². The number of ether oxygens (including phenoxy) is 1. The Morgan fingerprint density at radius 3 is 2.22 bits per heavy atom. The molecule has 2 aromatic rings. The number of hydrogen-bond donors (Lipinski definition) is 0. The fourth-order valence-electron chi connectivity index (χ4n) is 3.85. The molecule has 0 atom stereocenters. The SMILES string of the molecule is O=C(OCC(=O)N1CCCCCC1)c1ccc2c(c1)C(=O)N(c1ccc(Cl)c(Cl)c1)C2=O. The number of carbonyl (C=O) groups is 4. The molecule has 32 heavy (non-hydrogen) atoms. The van der Waals surface area contributed by atoms with Crippen LogP contribution in [-0.4, -0.2) is 48.3 Å². The van der Waals surface area contributed by atoms with Gasteiger partial charge >= 0.3 is 5.97 Å². The summed E-state index contributed by atoms with van der Waals surface area (Å²) in [6, 6.07) is 8.55. The van der Waals surface area contributed by atoms with Crippen LogP contribution in [0, 0.1) is 0 Å². The predicted octanol–water partition coefficient (Wildman–Crippen LogP) is 4.35.